The largest absolute Gasteiger partial charge is 0.480 e. The summed E-state index contributed by atoms with van der Waals surface area (Å²) in [4.78, 5) is 33.8. The molecule has 0 unspecified atom stereocenters. The number of amides is 1. The lowest BCUT2D eigenvalue weighted by Crippen LogP contribution is -2.28. The number of carboxylic acid groups (broad SMARTS) is 1. The van der Waals surface area contributed by atoms with Crippen LogP contribution in [0.25, 0.3) is 0 Å². The molecule has 3 N–H and O–H groups in total. The van der Waals surface area contributed by atoms with E-state index >= 15 is 0 Å². The standard InChI is InChI=1S/C9H11N3O6/c13-8(14)5-18-2-1-10-9(15)7-3-6(4-11-7)12(16)17/h3-4,11H,1-2,5H2,(H,10,15)(H,13,14). The van der Waals surface area contributed by atoms with Crippen molar-refractivity contribution in [3.05, 3.63) is 28.1 Å². The molecule has 0 radical (unpaired) electrons. The number of nitro groups is 1. The van der Waals surface area contributed by atoms with E-state index in [9.17, 15) is 19.7 Å². The van der Waals surface area contributed by atoms with Gasteiger partial charge in [-0.15, -0.1) is 0 Å². The lowest BCUT2D eigenvalue weighted by molar-refractivity contribution is -0.384. The number of nitrogens with zero attached hydrogens (tertiary/aromatic N) is 1. The third kappa shape index (κ3) is 4.22. The van der Waals surface area contributed by atoms with Crippen LogP contribution < -0.4 is 5.32 Å². The number of ether oxygens (including phenoxy) is 1. The lowest BCUT2D eigenvalue weighted by atomic mass is 10.4. The predicted octanol–water partition coefficient (Wildman–Crippen LogP) is -0.246. The number of H-pyrrole nitrogens is 1. The van der Waals surface area contributed by atoms with E-state index in [4.69, 9.17) is 9.84 Å². The van der Waals surface area contributed by atoms with Gasteiger partial charge in [0.05, 0.1) is 17.7 Å². The first-order chi connectivity index (χ1) is 8.50. The molecule has 0 aliphatic carbocycles. The first-order valence-electron chi connectivity index (χ1n) is 4.91. The van der Waals surface area contributed by atoms with Crippen LogP contribution >= 0.6 is 0 Å². The first-order valence-corrected chi connectivity index (χ1v) is 4.91. The van der Waals surface area contributed by atoms with Gasteiger partial charge in [-0.1, -0.05) is 0 Å². The van der Waals surface area contributed by atoms with Crippen LogP contribution in [0.3, 0.4) is 0 Å². The SMILES string of the molecule is O=C(O)COCCNC(=O)c1cc([N+](=O)[O-])c[nH]1. The molecule has 0 saturated carbocycles. The Balaban J connectivity index is 2.32. The van der Waals surface area contributed by atoms with Crippen molar-refractivity contribution < 1.29 is 24.4 Å². The van der Waals surface area contributed by atoms with Crippen LogP contribution in [0.4, 0.5) is 5.69 Å². The number of hydrogen-bond acceptors (Lipinski definition) is 5. The van der Waals surface area contributed by atoms with Crippen molar-refractivity contribution in [1.29, 1.82) is 0 Å². The molecule has 0 spiro atoms. The highest BCUT2D eigenvalue weighted by molar-refractivity contribution is 5.93. The van der Waals surface area contributed by atoms with Crippen LogP contribution in [0.1, 0.15) is 10.5 Å². The highest BCUT2D eigenvalue weighted by atomic mass is 16.6. The van der Waals surface area contributed by atoms with Crippen LogP contribution in [-0.4, -0.2) is 46.6 Å². The van der Waals surface area contributed by atoms with Crippen LogP contribution in [0.15, 0.2) is 12.3 Å². The molecule has 1 amide bonds. The first kappa shape index (κ1) is 13.6. The van der Waals surface area contributed by atoms with Gasteiger partial charge < -0.3 is 20.1 Å². The maximum Gasteiger partial charge on any atom is 0.329 e. The summed E-state index contributed by atoms with van der Waals surface area (Å²) in [6.45, 7) is -0.288. The molecule has 0 aliphatic rings. The third-order valence-corrected chi connectivity index (χ3v) is 1.88. The topological polar surface area (TPSA) is 135 Å². The number of aliphatic carboxylic acids is 1. The average molecular weight is 257 g/mol. The van der Waals surface area contributed by atoms with Gasteiger partial charge in [-0.2, -0.15) is 0 Å². The summed E-state index contributed by atoms with van der Waals surface area (Å²) in [7, 11) is 0. The molecular formula is C9H11N3O6. The Bertz CT molecular complexity index is 455. The normalized spacial score (nSPS) is 10.0. The molecule has 1 aromatic rings. The van der Waals surface area contributed by atoms with E-state index in [1.165, 1.54) is 0 Å². The Morgan fingerprint density at radius 1 is 1.56 bits per heavy atom. The van der Waals surface area contributed by atoms with Crippen molar-refractivity contribution in [2.45, 2.75) is 0 Å². The van der Waals surface area contributed by atoms with Gasteiger partial charge in [0.25, 0.3) is 11.6 Å². The fraction of sp³-hybridized carbons (Fsp3) is 0.333. The summed E-state index contributed by atoms with van der Waals surface area (Å²) in [5.74, 6) is -1.62. The molecule has 1 heterocycles. The second-order valence-corrected chi connectivity index (χ2v) is 3.23. The molecule has 9 heteroatoms. The number of nitrogens with one attached hydrogen (secondary N) is 2. The summed E-state index contributed by atoms with van der Waals surface area (Å²) in [5.41, 5.74) is -0.151. The quantitative estimate of drug-likeness (QED) is 0.350. The van der Waals surface area contributed by atoms with Crippen molar-refractivity contribution >= 4 is 17.6 Å². The number of aromatic amines is 1. The van der Waals surface area contributed by atoms with Crippen LogP contribution in [0.5, 0.6) is 0 Å². The molecule has 0 aliphatic heterocycles. The van der Waals surface area contributed by atoms with Crippen LogP contribution in [0.2, 0.25) is 0 Å². The number of rotatable bonds is 7. The Kier molecular flexibility index (Phi) is 4.81. The zero-order chi connectivity index (χ0) is 13.5. The Hall–Kier alpha value is -2.42. The Morgan fingerprint density at radius 3 is 2.83 bits per heavy atom. The van der Waals surface area contributed by atoms with Gasteiger partial charge in [0.2, 0.25) is 0 Å². The Labute approximate surface area is 101 Å². The van der Waals surface area contributed by atoms with Gasteiger partial charge in [0.1, 0.15) is 12.3 Å². The minimum absolute atomic E-state index is 0.0425. The van der Waals surface area contributed by atoms with Gasteiger partial charge in [-0.25, -0.2) is 4.79 Å². The summed E-state index contributed by atoms with van der Waals surface area (Å²) in [6, 6.07) is 1.10. The fourth-order valence-corrected chi connectivity index (χ4v) is 1.11. The van der Waals surface area contributed by atoms with Gasteiger partial charge in [-0.05, 0) is 0 Å². The van der Waals surface area contributed by atoms with E-state index in [0.29, 0.717) is 0 Å². The second kappa shape index (κ2) is 6.35. The van der Waals surface area contributed by atoms with E-state index in [1.54, 1.807) is 0 Å². The molecule has 1 aromatic heterocycles. The van der Waals surface area contributed by atoms with E-state index in [2.05, 4.69) is 10.3 Å². The third-order valence-electron chi connectivity index (χ3n) is 1.88. The molecule has 0 aromatic carbocycles. The molecule has 0 atom stereocenters. The van der Waals surface area contributed by atoms with Crippen LogP contribution in [-0.2, 0) is 9.53 Å². The second-order valence-electron chi connectivity index (χ2n) is 3.23. The summed E-state index contributed by atoms with van der Waals surface area (Å²) < 4.78 is 4.69. The summed E-state index contributed by atoms with van der Waals surface area (Å²) >= 11 is 0. The zero-order valence-electron chi connectivity index (χ0n) is 9.21. The summed E-state index contributed by atoms with van der Waals surface area (Å²) in [6.07, 6.45) is 1.11. The zero-order valence-corrected chi connectivity index (χ0v) is 9.21. The smallest absolute Gasteiger partial charge is 0.329 e. The van der Waals surface area contributed by atoms with Gasteiger partial charge in [-0.3, -0.25) is 14.9 Å². The highest BCUT2D eigenvalue weighted by Gasteiger charge is 2.13. The molecule has 1 rings (SSSR count). The lowest BCUT2D eigenvalue weighted by Gasteiger charge is -2.03. The maximum absolute atomic E-state index is 11.4. The number of carbonyl (C=O) groups excluding carboxylic acids is 1. The molecular weight excluding hydrogens is 246 g/mol. The van der Waals surface area contributed by atoms with E-state index in [1.807, 2.05) is 0 Å². The summed E-state index contributed by atoms with van der Waals surface area (Å²) in [5, 5.41) is 21.1. The minimum Gasteiger partial charge on any atom is -0.480 e. The maximum atomic E-state index is 11.4. The molecule has 0 fully saturated rings. The number of carboxylic acids is 1. The van der Waals surface area contributed by atoms with Crippen molar-refractivity contribution in [2.75, 3.05) is 19.8 Å². The molecule has 98 valence electrons. The number of hydrogen-bond donors (Lipinski definition) is 3. The average Bonchev–Trinajstić information content (AvgIpc) is 2.77. The molecule has 18 heavy (non-hydrogen) atoms. The van der Waals surface area contributed by atoms with Crippen molar-refractivity contribution in [3.63, 3.8) is 0 Å². The predicted molar refractivity (Wildman–Crippen MR) is 58.2 cm³/mol. The van der Waals surface area contributed by atoms with Gasteiger partial charge >= 0.3 is 5.97 Å². The van der Waals surface area contributed by atoms with Crippen molar-refractivity contribution in [2.24, 2.45) is 0 Å². The van der Waals surface area contributed by atoms with Gasteiger partial charge in [0, 0.05) is 12.6 Å². The Morgan fingerprint density at radius 2 is 2.28 bits per heavy atom. The fourth-order valence-electron chi connectivity index (χ4n) is 1.11. The monoisotopic (exact) mass is 257 g/mol. The number of aromatic nitrogens is 1. The van der Waals surface area contributed by atoms with Crippen molar-refractivity contribution in [3.8, 4) is 0 Å². The van der Waals surface area contributed by atoms with E-state index in [0.717, 1.165) is 12.3 Å². The number of carbonyl (C=O) groups is 2. The van der Waals surface area contributed by atoms with Gasteiger partial charge in [0.15, 0.2) is 0 Å². The van der Waals surface area contributed by atoms with Crippen molar-refractivity contribution in [1.82, 2.24) is 10.3 Å². The van der Waals surface area contributed by atoms with Crippen LogP contribution in [0, 0.1) is 10.1 Å². The molecule has 9 nitrogen and oxygen atoms in total. The highest BCUT2D eigenvalue weighted by Crippen LogP contribution is 2.11. The van der Waals surface area contributed by atoms with E-state index in [-0.39, 0.29) is 24.5 Å². The van der Waals surface area contributed by atoms with E-state index < -0.39 is 23.4 Å². The molecule has 0 bridgehead atoms. The molecule has 0 saturated heterocycles. The minimum atomic E-state index is -1.10.